The summed E-state index contributed by atoms with van der Waals surface area (Å²) in [5, 5.41) is 2.85. The Bertz CT molecular complexity index is 773. The fraction of sp³-hybridized carbons (Fsp3) is 0.350. The zero-order valence-electron chi connectivity index (χ0n) is 14.7. The lowest BCUT2D eigenvalue weighted by Gasteiger charge is -2.36. The van der Waals surface area contributed by atoms with Crippen LogP contribution in [0.1, 0.15) is 42.1 Å². The van der Waals surface area contributed by atoms with Crippen molar-refractivity contribution >= 4 is 23.0 Å². The highest BCUT2D eigenvalue weighted by Crippen LogP contribution is 2.33. The van der Waals surface area contributed by atoms with Crippen LogP contribution < -0.4 is 16.0 Å². The summed E-state index contributed by atoms with van der Waals surface area (Å²) >= 11 is 0. The molecule has 1 amide bonds. The van der Waals surface area contributed by atoms with Crippen molar-refractivity contribution < 1.29 is 9.18 Å². The number of amides is 1. The third-order valence-corrected chi connectivity index (χ3v) is 4.84. The van der Waals surface area contributed by atoms with Gasteiger partial charge in [-0.25, -0.2) is 4.39 Å². The zero-order chi connectivity index (χ0) is 18.0. The smallest absolute Gasteiger partial charge is 0.255 e. The molecule has 2 aromatic rings. The van der Waals surface area contributed by atoms with Crippen LogP contribution >= 0.6 is 0 Å². The first-order valence-corrected chi connectivity index (χ1v) is 8.69. The fourth-order valence-electron chi connectivity index (χ4n) is 3.39. The second-order valence-electron chi connectivity index (χ2n) is 6.73. The number of nitrogens with one attached hydrogen (secondary N) is 1. The summed E-state index contributed by atoms with van der Waals surface area (Å²) in [4.78, 5) is 14.8. The van der Waals surface area contributed by atoms with E-state index in [1.165, 1.54) is 43.5 Å². The number of nitrogens with two attached hydrogens (primary N) is 1. The van der Waals surface area contributed by atoms with E-state index in [-0.39, 0.29) is 11.7 Å². The van der Waals surface area contributed by atoms with E-state index in [1.807, 2.05) is 19.1 Å². The van der Waals surface area contributed by atoms with Crippen LogP contribution in [0.2, 0.25) is 0 Å². The summed E-state index contributed by atoms with van der Waals surface area (Å²) < 4.78 is 13.0. The largest absolute Gasteiger partial charge is 0.397 e. The Morgan fingerprint density at radius 1 is 1.24 bits per heavy atom. The number of piperidine rings is 1. The lowest BCUT2D eigenvalue weighted by molar-refractivity contribution is 0.102. The Morgan fingerprint density at radius 3 is 2.64 bits per heavy atom. The molecule has 3 rings (SSSR count). The Morgan fingerprint density at radius 2 is 1.96 bits per heavy atom. The number of carbonyl (C=O) groups is 1. The second-order valence-corrected chi connectivity index (χ2v) is 6.73. The summed E-state index contributed by atoms with van der Waals surface area (Å²) in [6.45, 7) is 5.28. The van der Waals surface area contributed by atoms with Crippen LogP contribution in [0.25, 0.3) is 0 Å². The molecule has 0 radical (unpaired) electrons. The van der Waals surface area contributed by atoms with Crippen LogP contribution in [-0.2, 0) is 0 Å². The van der Waals surface area contributed by atoms with E-state index < -0.39 is 0 Å². The molecule has 25 heavy (non-hydrogen) atoms. The molecule has 5 heteroatoms. The highest BCUT2D eigenvalue weighted by molar-refractivity contribution is 6.06. The number of anilines is 3. The first-order valence-electron chi connectivity index (χ1n) is 8.69. The van der Waals surface area contributed by atoms with Gasteiger partial charge in [-0.1, -0.05) is 0 Å². The molecular weight excluding hydrogens is 317 g/mol. The summed E-state index contributed by atoms with van der Waals surface area (Å²) in [6.07, 6.45) is 3.59. The van der Waals surface area contributed by atoms with Crippen LogP contribution in [0.4, 0.5) is 21.5 Å². The van der Waals surface area contributed by atoms with Crippen molar-refractivity contribution in [3.05, 3.63) is 53.3 Å². The molecule has 2 aromatic carbocycles. The Kier molecular flexibility index (Phi) is 4.93. The highest BCUT2D eigenvalue weighted by Gasteiger charge is 2.21. The molecule has 1 fully saturated rings. The lowest BCUT2D eigenvalue weighted by Crippen LogP contribution is -2.37. The van der Waals surface area contributed by atoms with Crippen LogP contribution in [-0.4, -0.2) is 18.5 Å². The van der Waals surface area contributed by atoms with Crippen LogP contribution in [0.5, 0.6) is 0 Å². The van der Waals surface area contributed by atoms with E-state index in [0.29, 0.717) is 23.0 Å². The van der Waals surface area contributed by atoms with Gasteiger partial charge < -0.3 is 16.0 Å². The van der Waals surface area contributed by atoms with Gasteiger partial charge in [0.2, 0.25) is 0 Å². The highest BCUT2D eigenvalue weighted by atomic mass is 19.1. The molecule has 1 aliphatic heterocycles. The van der Waals surface area contributed by atoms with E-state index in [2.05, 4.69) is 17.1 Å². The van der Waals surface area contributed by atoms with Gasteiger partial charge >= 0.3 is 0 Å². The van der Waals surface area contributed by atoms with Crippen LogP contribution in [0.3, 0.4) is 0 Å². The maximum atomic E-state index is 13.0. The van der Waals surface area contributed by atoms with Gasteiger partial charge in [-0.15, -0.1) is 0 Å². The third kappa shape index (κ3) is 3.76. The monoisotopic (exact) mass is 341 g/mol. The summed E-state index contributed by atoms with van der Waals surface area (Å²) in [6, 6.07) is 9.79. The van der Waals surface area contributed by atoms with Gasteiger partial charge in [0.1, 0.15) is 5.82 Å². The van der Waals surface area contributed by atoms with Gasteiger partial charge in [0, 0.05) is 23.8 Å². The Balaban J connectivity index is 1.87. The first kappa shape index (κ1) is 17.3. The Labute approximate surface area is 147 Å². The van der Waals surface area contributed by atoms with Crippen molar-refractivity contribution in [1.82, 2.24) is 0 Å². The first-order chi connectivity index (χ1) is 12.0. The minimum absolute atomic E-state index is 0.298. The van der Waals surface area contributed by atoms with Crippen molar-refractivity contribution in [2.24, 2.45) is 0 Å². The van der Waals surface area contributed by atoms with E-state index in [4.69, 9.17) is 5.73 Å². The van der Waals surface area contributed by atoms with Crippen molar-refractivity contribution in [1.29, 1.82) is 0 Å². The molecule has 132 valence electrons. The molecule has 1 saturated heterocycles. The second kappa shape index (κ2) is 7.13. The van der Waals surface area contributed by atoms with Gasteiger partial charge in [0.05, 0.1) is 11.4 Å². The number of hydrogen-bond acceptors (Lipinski definition) is 3. The molecule has 1 heterocycles. The average Bonchev–Trinajstić information content (AvgIpc) is 2.58. The SMILES string of the molecule is Cc1cc(N)c(NC(=O)c2ccc(F)cc2)cc1N1CCCCC1C. The van der Waals surface area contributed by atoms with Crippen LogP contribution in [0.15, 0.2) is 36.4 Å². The van der Waals surface area contributed by atoms with Crippen molar-refractivity contribution in [2.45, 2.75) is 39.2 Å². The molecule has 1 aliphatic rings. The van der Waals surface area contributed by atoms with Gasteiger partial charge in [-0.05, 0) is 75.1 Å². The van der Waals surface area contributed by atoms with Crippen molar-refractivity contribution in [3.8, 4) is 0 Å². The number of aryl methyl sites for hydroxylation is 1. The van der Waals surface area contributed by atoms with Crippen molar-refractivity contribution in [3.63, 3.8) is 0 Å². The topological polar surface area (TPSA) is 58.4 Å². The van der Waals surface area contributed by atoms with E-state index in [9.17, 15) is 9.18 Å². The number of nitrogens with zero attached hydrogens (tertiary/aromatic N) is 1. The molecule has 0 bridgehead atoms. The molecule has 1 unspecified atom stereocenters. The van der Waals surface area contributed by atoms with Crippen LogP contribution in [0, 0.1) is 12.7 Å². The molecule has 0 aliphatic carbocycles. The van der Waals surface area contributed by atoms with E-state index >= 15 is 0 Å². The summed E-state index contributed by atoms with van der Waals surface area (Å²) in [5.74, 6) is -0.666. The number of nitrogen functional groups attached to an aromatic ring is 1. The van der Waals surface area contributed by atoms with Gasteiger partial charge in [-0.3, -0.25) is 4.79 Å². The average molecular weight is 341 g/mol. The van der Waals surface area contributed by atoms with E-state index in [1.54, 1.807) is 0 Å². The fourth-order valence-corrected chi connectivity index (χ4v) is 3.39. The van der Waals surface area contributed by atoms with Gasteiger partial charge in [-0.2, -0.15) is 0 Å². The minimum atomic E-state index is -0.368. The quantitative estimate of drug-likeness (QED) is 0.816. The molecule has 3 N–H and O–H groups in total. The molecule has 0 spiro atoms. The summed E-state index contributed by atoms with van der Waals surface area (Å²) in [5.41, 5.74) is 9.84. The summed E-state index contributed by atoms with van der Waals surface area (Å²) in [7, 11) is 0. The standard InChI is InChI=1S/C20H24FN3O/c1-13-11-17(22)18(12-19(13)24-10-4-3-5-14(24)2)23-20(25)15-6-8-16(21)9-7-15/h6-9,11-12,14H,3-5,10,22H2,1-2H3,(H,23,25). The zero-order valence-corrected chi connectivity index (χ0v) is 14.7. The Hall–Kier alpha value is -2.56. The predicted octanol–water partition coefficient (Wildman–Crippen LogP) is 4.35. The number of benzene rings is 2. The minimum Gasteiger partial charge on any atom is -0.397 e. The lowest BCUT2D eigenvalue weighted by atomic mass is 10.0. The maximum Gasteiger partial charge on any atom is 0.255 e. The normalized spacial score (nSPS) is 17.4. The third-order valence-electron chi connectivity index (χ3n) is 4.84. The van der Waals surface area contributed by atoms with E-state index in [0.717, 1.165) is 17.8 Å². The van der Waals surface area contributed by atoms with Gasteiger partial charge in [0.15, 0.2) is 0 Å². The molecule has 1 atom stereocenters. The van der Waals surface area contributed by atoms with Gasteiger partial charge in [0.25, 0.3) is 5.91 Å². The molecular formula is C20H24FN3O. The predicted molar refractivity (Wildman–Crippen MR) is 101 cm³/mol. The molecule has 4 nitrogen and oxygen atoms in total. The molecule has 0 aromatic heterocycles. The van der Waals surface area contributed by atoms with Crippen molar-refractivity contribution in [2.75, 3.05) is 22.5 Å². The maximum absolute atomic E-state index is 13.0. The number of hydrogen-bond donors (Lipinski definition) is 2. The number of halogens is 1. The number of carbonyl (C=O) groups excluding carboxylic acids is 1. The molecule has 0 saturated carbocycles. The number of rotatable bonds is 3.